The average Bonchev–Trinajstić information content (AvgIpc) is 2.47. The number of fused-ring (bicyclic) bond motifs is 1. The van der Waals surface area contributed by atoms with Gasteiger partial charge in [-0.25, -0.2) is 4.39 Å². The second-order valence-electron chi connectivity index (χ2n) is 5.35. The molecule has 21 heavy (non-hydrogen) atoms. The van der Waals surface area contributed by atoms with Crippen molar-refractivity contribution in [3.05, 3.63) is 70.0 Å². The summed E-state index contributed by atoms with van der Waals surface area (Å²) in [7, 11) is 0. The Bertz CT molecular complexity index is 712. The third kappa shape index (κ3) is 2.54. The Kier molecular flexibility index (Phi) is 3.47. The Balaban J connectivity index is 2.00. The minimum atomic E-state index is -1.08. The van der Waals surface area contributed by atoms with Crippen LogP contribution >= 0.6 is 0 Å². The highest BCUT2D eigenvalue weighted by atomic mass is 19.1. The number of rotatable bonds is 2. The summed E-state index contributed by atoms with van der Waals surface area (Å²) in [6, 6.07) is 9.96. The number of carbonyl (C=O) groups excluding carboxylic acids is 1. The van der Waals surface area contributed by atoms with E-state index in [2.05, 4.69) is 5.32 Å². The van der Waals surface area contributed by atoms with Gasteiger partial charge >= 0.3 is 0 Å². The third-order valence-electron chi connectivity index (χ3n) is 3.82. The summed E-state index contributed by atoms with van der Waals surface area (Å²) in [4.78, 5) is 11.8. The number of halogens is 1. The zero-order valence-corrected chi connectivity index (χ0v) is 11.7. The van der Waals surface area contributed by atoms with E-state index in [0.717, 1.165) is 17.5 Å². The minimum Gasteiger partial charge on any atom is -0.384 e. The maximum atomic E-state index is 14.0. The number of aryl methyl sites for hydroxylation is 1. The summed E-state index contributed by atoms with van der Waals surface area (Å²) in [6.07, 6.45) is -0.304. The normalized spacial score (nSPS) is 15.3. The molecule has 0 aromatic heterocycles. The maximum absolute atomic E-state index is 14.0. The first kappa shape index (κ1) is 13.8. The molecule has 0 spiro atoms. The highest BCUT2D eigenvalue weighted by Gasteiger charge is 2.20. The van der Waals surface area contributed by atoms with Gasteiger partial charge in [0.15, 0.2) is 0 Å². The van der Waals surface area contributed by atoms with E-state index in [1.165, 1.54) is 6.07 Å². The van der Waals surface area contributed by atoms with Crippen LogP contribution in [0.4, 0.5) is 4.39 Å². The summed E-state index contributed by atoms with van der Waals surface area (Å²) in [5.74, 6) is -0.584. The van der Waals surface area contributed by atoms with E-state index < -0.39 is 11.9 Å². The van der Waals surface area contributed by atoms with Crippen molar-refractivity contribution in [2.45, 2.75) is 19.4 Å². The lowest BCUT2D eigenvalue weighted by Gasteiger charge is -2.19. The predicted molar refractivity (Wildman–Crippen MR) is 77.7 cm³/mol. The van der Waals surface area contributed by atoms with Gasteiger partial charge in [-0.3, -0.25) is 4.79 Å². The van der Waals surface area contributed by atoms with Crippen LogP contribution in [0.2, 0.25) is 0 Å². The van der Waals surface area contributed by atoms with Crippen molar-refractivity contribution in [3.8, 4) is 0 Å². The quantitative estimate of drug-likeness (QED) is 0.890. The van der Waals surface area contributed by atoms with Crippen molar-refractivity contribution in [2.75, 3.05) is 6.54 Å². The molecule has 3 nitrogen and oxygen atoms in total. The van der Waals surface area contributed by atoms with E-state index in [1.54, 1.807) is 31.2 Å². The third-order valence-corrected chi connectivity index (χ3v) is 3.82. The lowest BCUT2D eigenvalue weighted by molar-refractivity contribution is 0.0945. The van der Waals surface area contributed by atoms with Crippen molar-refractivity contribution in [1.82, 2.24) is 5.32 Å². The highest BCUT2D eigenvalue weighted by molar-refractivity contribution is 5.96. The molecule has 4 heteroatoms. The molecule has 1 unspecified atom stereocenters. The number of nitrogens with one attached hydrogen (secondary N) is 1. The van der Waals surface area contributed by atoms with Crippen molar-refractivity contribution in [3.63, 3.8) is 0 Å². The maximum Gasteiger partial charge on any atom is 0.251 e. The summed E-state index contributed by atoms with van der Waals surface area (Å²) in [6.45, 7) is 2.42. The number of hydrogen-bond donors (Lipinski definition) is 2. The van der Waals surface area contributed by atoms with Crippen LogP contribution < -0.4 is 5.32 Å². The number of amides is 1. The van der Waals surface area contributed by atoms with Crippen LogP contribution in [0, 0.1) is 12.7 Å². The van der Waals surface area contributed by atoms with Crippen LogP contribution in [0.15, 0.2) is 36.4 Å². The van der Waals surface area contributed by atoms with Crippen LogP contribution in [0.1, 0.15) is 38.7 Å². The fraction of sp³-hybridized carbons (Fsp3) is 0.235. The molecule has 1 amide bonds. The number of benzene rings is 2. The first-order valence-electron chi connectivity index (χ1n) is 6.91. The number of aliphatic hydroxyl groups excluding tert-OH is 1. The number of aliphatic hydroxyl groups is 1. The summed E-state index contributed by atoms with van der Waals surface area (Å²) >= 11 is 0. The topological polar surface area (TPSA) is 49.3 Å². The van der Waals surface area contributed by atoms with E-state index in [1.807, 2.05) is 6.07 Å². The SMILES string of the molecule is Cc1ccc(C(O)c2ccc3c(c2)C(=O)NCC3)c(F)c1. The molecule has 3 rings (SSSR count). The highest BCUT2D eigenvalue weighted by Crippen LogP contribution is 2.27. The van der Waals surface area contributed by atoms with Crippen LogP contribution in [0.25, 0.3) is 0 Å². The average molecular weight is 285 g/mol. The molecule has 0 saturated heterocycles. The van der Waals surface area contributed by atoms with Gasteiger partial charge in [-0.1, -0.05) is 24.3 Å². The van der Waals surface area contributed by atoms with Crippen molar-refractivity contribution < 1.29 is 14.3 Å². The van der Waals surface area contributed by atoms with Crippen LogP contribution in [-0.2, 0) is 6.42 Å². The lowest BCUT2D eigenvalue weighted by atomic mass is 9.93. The Morgan fingerprint density at radius 2 is 2.05 bits per heavy atom. The molecular formula is C17H16FNO2. The lowest BCUT2D eigenvalue weighted by Crippen LogP contribution is -2.31. The van der Waals surface area contributed by atoms with E-state index in [-0.39, 0.29) is 11.5 Å². The van der Waals surface area contributed by atoms with Crippen LogP contribution in [0.5, 0.6) is 0 Å². The molecule has 0 bridgehead atoms. The first-order chi connectivity index (χ1) is 10.1. The van der Waals surface area contributed by atoms with E-state index >= 15 is 0 Å². The molecule has 1 heterocycles. The number of carbonyl (C=O) groups is 1. The minimum absolute atomic E-state index is 0.144. The molecule has 0 aliphatic carbocycles. The van der Waals surface area contributed by atoms with Gasteiger partial charge in [0, 0.05) is 17.7 Å². The molecule has 2 aromatic rings. The molecule has 0 fully saturated rings. The molecule has 2 N–H and O–H groups in total. The van der Waals surface area contributed by atoms with E-state index in [0.29, 0.717) is 17.7 Å². The van der Waals surface area contributed by atoms with Crippen LogP contribution in [0.3, 0.4) is 0 Å². The van der Waals surface area contributed by atoms with Gasteiger partial charge in [0.05, 0.1) is 0 Å². The second kappa shape index (κ2) is 5.30. The van der Waals surface area contributed by atoms with Gasteiger partial charge in [0.1, 0.15) is 11.9 Å². The molecule has 1 aliphatic rings. The van der Waals surface area contributed by atoms with Crippen molar-refractivity contribution in [1.29, 1.82) is 0 Å². The fourth-order valence-electron chi connectivity index (χ4n) is 2.63. The molecule has 2 aromatic carbocycles. The smallest absolute Gasteiger partial charge is 0.251 e. The Morgan fingerprint density at radius 3 is 2.81 bits per heavy atom. The summed E-state index contributed by atoms with van der Waals surface area (Å²) in [5.41, 5.74) is 3.06. The molecule has 108 valence electrons. The molecule has 1 aliphatic heterocycles. The van der Waals surface area contributed by atoms with Crippen molar-refractivity contribution >= 4 is 5.91 Å². The van der Waals surface area contributed by atoms with Gasteiger partial charge < -0.3 is 10.4 Å². The van der Waals surface area contributed by atoms with Gasteiger partial charge in [0.2, 0.25) is 0 Å². The van der Waals surface area contributed by atoms with E-state index in [4.69, 9.17) is 0 Å². The molecule has 0 radical (unpaired) electrons. The Labute approximate surface area is 122 Å². The van der Waals surface area contributed by atoms with Gasteiger partial charge in [-0.15, -0.1) is 0 Å². The Morgan fingerprint density at radius 1 is 1.24 bits per heavy atom. The monoisotopic (exact) mass is 285 g/mol. The first-order valence-corrected chi connectivity index (χ1v) is 6.91. The standard InChI is InChI=1S/C17H16FNO2/c1-10-2-5-13(15(18)8-10)16(20)12-4-3-11-6-7-19-17(21)14(11)9-12/h2-5,8-9,16,20H,6-7H2,1H3,(H,19,21). The summed E-state index contributed by atoms with van der Waals surface area (Å²) < 4.78 is 14.0. The number of hydrogen-bond acceptors (Lipinski definition) is 2. The zero-order chi connectivity index (χ0) is 15.0. The fourth-order valence-corrected chi connectivity index (χ4v) is 2.63. The van der Waals surface area contributed by atoms with E-state index in [9.17, 15) is 14.3 Å². The van der Waals surface area contributed by atoms with Gasteiger partial charge in [-0.05, 0) is 42.2 Å². The molecular weight excluding hydrogens is 269 g/mol. The van der Waals surface area contributed by atoms with Gasteiger partial charge in [-0.2, -0.15) is 0 Å². The van der Waals surface area contributed by atoms with Gasteiger partial charge in [0.25, 0.3) is 5.91 Å². The second-order valence-corrected chi connectivity index (χ2v) is 5.35. The molecule has 0 saturated carbocycles. The zero-order valence-electron chi connectivity index (χ0n) is 11.7. The molecule has 1 atom stereocenters. The van der Waals surface area contributed by atoms with Crippen molar-refractivity contribution in [2.24, 2.45) is 0 Å². The largest absolute Gasteiger partial charge is 0.384 e. The summed E-state index contributed by atoms with van der Waals surface area (Å²) in [5, 5.41) is 13.1. The van der Waals surface area contributed by atoms with Crippen LogP contribution in [-0.4, -0.2) is 17.6 Å². The Hall–Kier alpha value is -2.20. The predicted octanol–water partition coefficient (Wildman–Crippen LogP) is 2.50.